The van der Waals surface area contributed by atoms with Crippen molar-refractivity contribution in [3.8, 4) is 0 Å². The maximum absolute atomic E-state index is 12.7. The summed E-state index contributed by atoms with van der Waals surface area (Å²) in [6.07, 6.45) is 0. The van der Waals surface area contributed by atoms with E-state index in [0.717, 1.165) is 0 Å². The van der Waals surface area contributed by atoms with E-state index in [1.807, 2.05) is 6.07 Å². The summed E-state index contributed by atoms with van der Waals surface area (Å²) < 4.78 is 0. The molecule has 2 aromatic carbocycles. The molecule has 130 valence electrons. The fourth-order valence-electron chi connectivity index (χ4n) is 2.18. The number of rotatable bonds is 5. The maximum Gasteiger partial charge on any atom is 0.320 e. The van der Waals surface area contributed by atoms with Crippen molar-refractivity contribution >= 4 is 34.8 Å². The number of anilines is 3. The summed E-state index contributed by atoms with van der Waals surface area (Å²) in [6, 6.07) is 15.5. The molecule has 0 heterocycles. The van der Waals surface area contributed by atoms with E-state index >= 15 is 0 Å². The highest BCUT2D eigenvalue weighted by Gasteiger charge is 2.24. The Morgan fingerprint density at radius 3 is 2.04 bits per heavy atom. The van der Waals surface area contributed by atoms with E-state index in [1.54, 1.807) is 48.5 Å². The van der Waals surface area contributed by atoms with Gasteiger partial charge in [0.1, 0.15) is 0 Å². The normalized spacial score (nSPS) is 9.96. The van der Waals surface area contributed by atoms with Crippen LogP contribution in [0, 0.1) is 0 Å². The predicted molar refractivity (Wildman–Crippen MR) is 96.1 cm³/mol. The third-order valence-electron chi connectivity index (χ3n) is 3.35. The van der Waals surface area contributed by atoms with Gasteiger partial charge in [-0.05, 0) is 36.4 Å². The molecule has 0 bridgehead atoms. The van der Waals surface area contributed by atoms with Gasteiger partial charge in [0.2, 0.25) is 5.91 Å². The molecule has 0 saturated heterocycles. The van der Waals surface area contributed by atoms with Crippen molar-refractivity contribution < 1.29 is 14.4 Å². The first-order valence-electron chi connectivity index (χ1n) is 7.76. The van der Waals surface area contributed by atoms with Crippen LogP contribution in [0.4, 0.5) is 17.1 Å². The average molecular weight is 340 g/mol. The molecule has 0 radical (unpaired) electrons. The second-order valence-electron chi connectivity index (χ2n) is 5.31. The molecule has 0 fully saturated rings. The van der Waals surface area contributed by atoms with Gasteiger partial charge in [-0.25, -0.2) is 0 Å². The second kappa shape index (κ2) is 8.49. The van der Waals surface area contributed by atoms with Crippen LogP contribution in [0.5, 0.6) is 0 Å². The molecule has 7 nitrogen and oxygen atoms in total. The number of hydrogen-bond acceptors (Lipinski definition) is 4. The van der Waals surface area contributed by atoms with E-state index in [0.29, 0.717) is 17.1 Å². The fourth-order valence-corrected chi connectivity index (χ4v) is 2.18. The topological polar surface area (TPSA) is 105 Å². The molecule has 0 aromatic heterocycles. The lowest BCUT2D eigenvalue weighted by atomic mass is 10.2. The smallest absolute Gasteiger partial charge is 0.320 e. The summed E-state index contributed by atoms with van der Waals surface area (Å²) in [5, 5.41) is 5.05. The van der Waals surface area contributed by atoms with Crippen molar-refractivity contribution in [2.75, 3.05) is 23.7 Å². The standard InChI is InChI=1S/C18H20N4O3/c1-13(23)20-11-12-21-17(24)18(25)22(15-5-3-2-4-6-15)16-9-7-14(19)8-10-16/h2-10H,11-12,19H2,1H3,(H,20,23)(H,21,24). The molecule has 0 aliphatic rings. The quantitative estimate of drug-likeness (QED) is 0.432. The Morgan fingerprint density at radius 1 is 0.880 bits per heavy atom. The minimum absolute atomic E-state index is 0.161. The van der Waals surface area contributed by atoms with Gasteiger partial charge in [-0.1, -0.05) is 18.2 Å². The Morgan fingerprint density at radius 2 is 1.44 bits per heavy atom. The van der Waals surface area contributed by atoms with Gasteiger partial charge in [0.15, 0.2) is 0 Å². The van der Waals surface area contributed by atoms with E-state index in [9.17, 15) is 14.4 Å². The number of hydrogen-bond donors (Lipinski definition) is 3. The van der Waals surface area contributed by atoms with Gasteiger partial charge in [-0.15, -0.1) is 0 Å². The van der Waals surface area contributed by atoms with Gasteiger partial charge in [0.05, 0.1) is 0 Å². The zero-order chi connectivity index (χ0) is 18.2. The largest absolute Gasteiger partial charge is 0.399 e. The van der Waals surface area contributed by atoms with Crippen molar-refractivity contribution in [1.82, 2.24) is 10.6 Å². The molecule has 0 aliphatic carbocycles. The van der Waals surface area contributed by atoms with E-state index in [2.05, 4.69) is 10.6 Å². The van der Waals surface area contributed by atoms with Crippen LogP contribution >= 0.6 is 0 Å². The first kappa shape index (κ1) is 18.0. The molecule has 0 saturated carbocycles. The molecule has 25 heavy (non-hydrogen) atoms. The Labute approximate surface area is 145 Å². The molecule has 0 atom stereocenters. The van der Waals surface area contributed by atoms with Crippen LogP contribution in [0.1, 0.15) is 6.92 Å². The number of carbonyl (C=O) groups excluding carboxylic acids is 3. The third kappa shape index (κ3) is 5.07. The first-order valence-corrected chi connectivity index (χ1v) is 7.76. The van der Waals surface area contributed by atoms with Gasteiger partial charge < -0.3 is 16.4 Å². The highest BCUT2D eigenvalue weighted by Crippen LogP contribution is 2.26. The zero-order valence-electron chi connectivity index (χ0n) is 13.9. The molecule has 0 spiro atoms. The van der Waals surface area contributed by atoms with E-state index < -0.39 is 11.8 Å². The number of carbonyl (C=O) groups is 3. The van der Waals surface area contributed by atoms with Crippen LogP contribution in [0.25, 0.3) is 0 Å². The molecule has 3 amide bonds. The Bertz CT molecular complexity index is 745. The van der Waals surface area contributed by atoms with Crippen molar-refractivity contribution in [3.63, 3.8) is 0 Å². The van der Waals surface area contributed by atoms with Gasteiger partial charge in [-0.2, -0.15) is 0 Å². The number of nitrogens with one attached hydrogen (secondary N) is 2. The molecule has 0 unspecified atom stereocenters. The minimum Gasteiger partial charge on any atom is -0.399 e. The number of para-hydroxylation sites is 1. The number of benzene rings is 2. The Balaban J connectivity index is 2.17. The van der Waals surface area contributed by atoms with E-state index in [1.165, 1.54) is 11.8 Å². The number of nitrogen functional groups attached to an aromatic ring is 1. The lowest BCUT2D eigenvalue weighted by molar-refractivity contribution is -0.137. The predicted octanol–water partition coefficient (Wildman–Crippen LogP) is 1.19. The van der Waals surface area contributed by atoms with Crippen LogP contribution in [-0.4, -0.2) is 30.8 Å². The Kier molecular flexibility index (Phi) is 6.11. The Hall–Kier alpha value is -3.35. The lowest BCUT2D eigenvalue weighted by Crippen LogP contribution is -2.43. The van der Waals surface area contributed by atoms with Gasteiger partial charge >= 0.3 is 11.8 Å². The van der Waals surface area contributed by atoms with Crippen LogP contribution in [0.2, 0.25) is 0 Å². The van der Waals surface area contributed by atoms with Crippen molar-refractivity contribution in [3.05, 3.63) is 54.6 Å². The van der Waals surface area contributed by atoms with Crippen LogP contribution < -0.4 is 21.3 Å². The lowest BCUT2D eigenvalue weighted by Gasteiger charge is -2.22. The SMILES string of the molecule is CC(=O)NCCNC(=O)C(=O)N(c1ccccc1)c1ccc(N)cc1. The van der Waals surface area contributed by atoms with Crippen LogP contribution in [0.15, 0.2) is 54.6 Å². The third-order valence-corrected chi connectivity index (χ3v) is 3.35. The molecule has 7 heteroatoms. The number of nitrogens with two attached hydrogens (primary N) is 1. The summed E-state index contributed by atoms with van der Waals surface area (Å²) in [7, 11) is 0. The van der Waals surface area contributed by atoms with Crippen molar-refractivity contribution in [1.29, 1.82) is 0 Å². The van der Waals surface area contributed by atoms with E-state index in [-0.39, 0.29) is 19.0 Å². The summed E-state index contributed by atoms with van der Waals surface area (Å²) in [5.74, 6) is -1.68. The summed E-state index contributed by atoms with van der Waals surface area (Å²) in [6.45, 7) is 1.79. The molecular formula is C18H20N4O3. The summed E-state index contributed by atoms with van der Waals surface area (Å²) >= 11 is 0. The summed E-state index contributed by atoms with van der Waals surface area (Å²) in [5.41, 5.74) is 7.34. The molecular weight excluding hydrogens is 320 g/mol. The number of amides is 3. The van der Waals surface area contributed by atoms with Crippen molar-refractivity contribution in [2.24, 2.45) is 0 Å². The highest BCUT2D eigenvalue weighted by atomic mass is 16.2. The van der Waals surface area contributed by atoms with Crippen molar-refractivity contribution in [2.45, 2.75) is 6.92 Å². The first-order chi connectivity index (χ1) is 12.0. The highest BCUT2D eigenvalue weighted by molar-refractivity contribution is 6.42. The molecule has 2 aromatic rings. The summed E-state index contributed by atoms with van der Waals surface area (Å²) in [4.78, 5) is 37.0. The fraction of sp³-hybridized carbons (Fsp3) is 0.167. The van der Waals surface area contributed by atoms with Gasteiger partial charge in [0, 0.05) is 37.1 Å². The maximum atomic E-state index is 12.7. The van der Waals surface area contributed by atoms with Gasteiger partial charge in [0.25, 0.3) is 0 Å². The number of nitrogens with zero attached hydrogens (tertiary/aromatic N) is 1. The van der Waals surface area contributed by atoms with Crippen LogP contribution in [-0.2, 0) is 14.4 Å². The average Bonchev–Trinajstić information content (AvgIpc) is 2.61. The van der Waals surface area contributed by atoms with E-state index in [4.69, 9.17) is 5.73 Å². The monoisotopic (exact) mass is 340 g/mol. The molecule has 4 N–H and O–H groups in total. The van der Waals surface area contributed by atoms with Gasteiger partial charge in [-0.3, -0.25) is 19.3 Å². The minimum atomic E-state index is -0.758. The molecule has 2 rings (SSSR count). The molecule has 0 aliphatic heterocycles. The van der Waals surface area contributed by atoms with Crippen LogP contribution in [0.3, 0.4) is 0 Å². The second-order valence-corrected chi connectivity index (χ2v) is 5.31. The zero-order valence-corrected chi connectivity index (χ0v) is 13.9.